The predicted octanol–water partition coefficient (Wildman–Crippen LogP) is 1.59. The molecule has 0 aromatic rings. The van der Waals surface area contributed by atoms with Gasteiger partial charge in [-0.1, -0.05) is 0 Å². The minimum atomic E-state index is -5.15. The highest BCUT2D eigenvalue weighted by atomic mass is 19.4. The van der Waals surface area contributed by atoms with Crippen molar-refractivity contribution in [2.75, 3.05) is 0 Å². The molecule has 10 heteroatoms. The Bertz CT molecular complexity index is 361. The molecule has 1 heterocycles. The minimum Gasteiger partial charge on any atom is -0.361 e. The number of rotatable bonds is 0. The van der Waals surface area contributed by atoms with Crippen LogP contribution < -0.4 is 0 Å². The third kappa shape index (κ3) is 2.04. The maximum absolute atomic E-state index is 12.0. The largest absolute Gasteiger partial charge is 0.443 e. The smallest absolute Gasteiger partial charge is 0.361 e. The van der Waals surface area contributed by atoms with Crippen molar-refractivity contribution in [3.63, 3.8) is 0 Å². The second-order valence-electron chi connectivity index (χ2n) is 2.34. The van der Waals surface area contributed by atoms with Crippen LogP contribution in [0.1, 0.15) is 0 Å². The molecule has 0 aliphatic carbocycles. The van der Waals surface area contributed by atoms with E-state index in [4.69, 9.17) is 5.53 Å². The van der Waals surface area contributed by atoms with Crippen molar-refractivity contribution in [1.82, 2.24) is 0 Å². The fraction of sp³-hybridized carbons (Fsp3) is 0.400. The van der Waals surface area contributed by atoms with Crippen LogP contribution in [0.4, 0.5) is 26.3 Å². The van der Waals surface area contributed by atoms with Crippen LogP contribution in [-0.4, -0.2) is 34.3 Å². The molecular weight excluding hydrogens is 230 g/mol. The average molecular weight is 230 g/mol. The summed E-state index contributed by atoms with van der Waals surface area (Å²) < 4.78 is 72.0. The Morgan fingerprint density at radius 1 is 0.867 bits per heavy atom. The fourth-order valence-electron chi connectivity index (χ4n) is 0.783. The Morgan fingerprint density at radius 3 is 1.40 bits per heavy atom. The van der Waals surface area contributed by atoms with E-state index >= 15 is 0 Å². The number of nitrogens with zero attached hydrogens (tertiary/aromatic N) is 4. The molecule has 0 saturated carbocycles. The topological polar surface area (TPSA) is 61.1 Å². The van der Waals surface area contributed by atoms with E-state index in [2.05, 4.69) is 10.2 Å². The maximum atomic E-state index is 12.0. The van der Waals surface area contributed by atoms with Crippen LogP contribution >= 0.6 is 0 Å². The van der Waals surface area contributed by atoms with E-state index < -0.39 is 29.5 Å². The highest BCUT2D eigenvalue weighted by Gasteiger charge is 2.56. The van der Waals surface area contributed by atoms with Crippen molar-refractivity contribution in [1.29, 1.82) is 0 Å². The summed E-state index contributed by atoms with van der Waals surface area (Å²) in [7, 11) is 0. The molecule has 0 aromatic heterocycles. The lowest BCUT2D eigenvalue weighted by Gasteiger charge is -2.03. The molecule has 0 spiro atoms. The normalized spacial score (nSPS) is 17.3. The van der Waals surface area contributed by atoms with Crippen LogP contribution in [0.2, 0.25) is 0 Å². The van der Waals surface area contributed by atoms with E-state index in [1.807, 2.05) is 4.79 Å². The summed E-state index contributed by atoms with van der Waals surface area (Å²) in [5.74, 6) is 0. The number of hydrogen-bond donors (Lipinski definition) is 0. The predicted molar refractivity (Wildman–Crippen MR) is 35.6 cm³/mol. The first-order chi connectivity index (χ1) is 6.68. The lowest BCUT2D eigenvalue weighted by atomic mass is 10.1. The Morgan fingerprint density at radius 2 is 1.20 bits per heavy atom. The maximum Gasteiger partial charge on any atom is 0.443 e. The number of hydrogen-bond acceptors (Lipinski definition) is 2. The van der Waals surface area contributed by atoms with Crippen LogP contribution in [0.15, 0.2) is 10.2 Å². The number of halogens is 6. The van der Waals surface area contributed by atoms with Crippen molar-refractivity contribution >= 4 is 17.1 Å². The average Bonchev–Trinajstić information content (AvgIpc) is 2.43. The summed E-state index contributed by atoms with van der Waals surface area (Å²) in [4.78, 5) is 1.90. The van der Waals surface area contributed by atoms with Gasteiger partial charge in [-0.3, -0.25) is 0 Å². The molecular formula is C5F6N4. The Hall–Kier alpha value is -1.70. The number of alkyl halides is 6. The summed E-state index contributed by atoms with van der Waals surface area (Å²) in [6, 6.07) is 0. The van der Waals surface area contributed by atoms with Crippen LogP contribution in [0.25, 0.3) is 5.53 Å². The second-order valence-corrected chi connectivity index (χ2v) is 2.34. The molecule has 0 bridgehead atoms. The monoisotopic (exact) mass is 230 g/mol. The molecule has 1 aliphatic rings. The van der Waals surface area contributed by atoms with Crippen molar-refractivity contribution in [2.45, 2.75) is 12.4 Å². The van der Waals surface area contributed by atoms with Gasteiger partial charge < -0.3 is 5.53 Å². The van der Waals surface area contributed by atoms with Gasteiger partial charge in [-0.25, -0.2) is 0 Å². The quantitative estimate of drug-likeness (QED) is 0.344. The van der Waals surface area contributed by atoms with Crippen LogP contribution in [-0.2, 0) is 0 Å². The van der Waals surface area contributed by atoms with E-state index in [9.17, 15) is 26.3 Å². The summed E-state index contributed by atoms with van der Waals surface area (Å²) in [6.07, 6.45) is -10.3. The Kier molecular flexibility index (Phi) is 2.40. The van der Waals surface area contributed by atoms with Gasteiger partial charge in [0.1, 0.15) is 0 Å². The van der Waals surface area contributed by atoms with Crippen molar-refractivity contribution in [2.24, 2.45) is 10.2 Å². The lowest BCUT2D eigenvalue weighted by molar-refractivity contribution is -0.0645. The van der Waals surface area contributed by atoms with Gasteiger partial charge in [0, 0.05) is 0 Å². The zero-order valence-corrected chi connectivity index (χ0v) is 6.56. The minimum absolute atomic E-state index is 1.73. The first-order valence-electron chi connectivity index (χ1n) is 3.20. The van der Waals surface area contributed by atoms with Gasteiger partial charge in [-0.05, 0) is 0 Å². The fourth-order valence-corrected chi connectivity index (χ4v) is 0.783. The Labute approximate surface area is 77.5 Å². The van der Waals surface area contributed by atoms with E-state index in [0.717, 1.165) is 0 Å². The molecule has 1 aliphatic heterocycles. The van der Waals surface area contributed by atoms with E-state index in [1.165, 1.54) is 0 Å². The van der Waals surface area contributed by atoms with Gasteiger partial charge in [0.05, 0.1) is 0 Å². The van der Waals surface area contributed by atoms with Gasteiger partial charge >= 0.3 is 18.1 Å². The van der Waals surface area contributed by atoms with Crippen LogP contribution in [0, 0.1) is 0 Å². The molecule has 1 rings (SSSR count). The van der Waals surface area contributed by atoms with Gasteiger partial charge in [0.2, 0.25) is 0 Å². The van der Waals surface area contributed by atoms with Crippen LogP contribution in [0.5, 0.6) is 0 Å². The van der Waals surface area contributed by atoms with Crippen molar-refractivity contribution in [3.8, 4) is 0 Å². The molecule has 4 nitrogen and oxygen atoms in total. The first-order valence-corrected chi connectivity index (χ1v) is 3.20. The standard InChI is InChI=1S/C5F6N4/c6-4(7,8)2-1(13-12)3(15-14-2)5(9,10)11. The third-order valence-corrected chi connectivity index (χ3v) is 1.34. The molecule has 0 amide bonds. The summed E-state index contributed by atoms with van der Waals surface area (Å²) in [5, 5.41) is 4.55. The lowest BCUT2D eigenvalue weighted by Crippen LogP contribution is -2.39. The Balaban J connectivity index is 3.16. The van der Waals surface area contributed by atoms with E-state index in [0.29, 0.717) is 0 Å². The zero-order chi connectivity index (χ0) is 11.9. The highest BCUT2D eigenvalue weighted by Crippen LogP contribution is 2.27. The van der Waals surface area contributed by atoms with E-state index in [1.54, 1.807) is 0 Å². The third-order valence-electron chi connectivity index (χ3n) is 1.34. The van der Waals surface area contributed by atoms with Crippen molar-refractivity contribution in [3.05, 3.63) is 5.53 Å². The van der Waals surface area contributed by atoms with Gasteiger partial charge in [-0.15, -0.1) is 10.2 Å². The van der Waals surface area contributed by atoms with Gasteiger partial charge in [0.25, 0.3) is 11.4 Å². The molecule has 0 N–H and O–H groups in total. The molecule has 0 aromatic carbocycles. The van der Waals surface area contributed by atoms with Gasteiger partial charge in [-0.2, -0.15) is 31.1 Å². The second kappa shape index (κ2) is 3.16. The van der Waals surface area contributed by atoms with E-state index in [-0.39, 0.29) is 0 Å². The zero-order valence-electron chi connectivity index (χ0n) is 6.56. The summed E-state index contributed by atoms with van der Waals surface area (Å²) in [5.41, 5.74) is 2.38. The molecule has 0 atom stereocenters. The summed E-state index contributed by atoms with van der Waals surface area (Å²) >= 11 is 0. The molecule has 15 heavy (non-hydrogen) atoms. The summed E-state index contributed by atoms with van der Waals surface area (Å²) in [6.45, 7) is 0. The first kappa shape index (κ1) is 11.4. The molecule has 0 fully saturated rings. The van der Waals surface area contributed by atoms with Crippen molar-refractivity contribution < 1.29 is 31.1 Å². The molecule has 0 saturated heterocycles. The molecule has 82 valence electrons. The highest BCUT2D eigenvalue weighted by molar-refractivity contribution is 6.70. The van der Waals surface area contributed by atoms with Gasteiger partial charge in [0.15, 0.2) is 0 Å². The molecule has 0 radical (unpaired) electrons. The SMILES string of the molecule is [N-]=[N+]=C1C(C(F)(F)F)=NN=C1C(F)(F)F. The van der Waals surface area contributed by atoms with Crippen LogP contribution in [0.3, 0.4) is 0 Å². The molecule has 0 unspecified atom stereocenters.